The highest BCUT2D eigenvalue weighted by Crippen LogP contribution is 2.26. The van der Waals surface area contributed by atoms with Crippen molar-refractivity contribution in [2.24, 2.45) is 0 Å². The Morgan fingerprint density at radius 2 is 2.12 bits per heavy atom. The van der Waals surface area contributed by atoms with E-state index < -0.39 is 6.61 Å². The molecule has 0 bridgehead atoms. The van der Waals surface area contributed by atoms with Crippen molar-refractivity contribution in [3.63, 3.8) is 0 Å². The van der Waals surface area contributed by atoms with Crippen LogP contribution in [0, 0.1) is 6.92 Å². The fourth-order valence-electron chi connectivity index (χ4n) is 2.30. The van der Waals surface area contributed by atoms with Crippen LogP contribution in [-0.4, -0.2) is 22.5 Å². The number of carbonyl (C=O) groups excluding carboxylic acids is 1. The van der Waals surface area contributed by atoms with Gasteiger partial charge in [0.25, 0.3) is 5.91 Å². The van der Waals surface area contributed by atoms with Crippen LogP contribution in [0.2, 0.25) is 0 Å². The maximum absolute atomic E-state index is 12.4. The predicted octanol–water partition coefficient (Wildman–Crippen LogP) is 4.04. The number of thiazole rings is 1. The first-order chi connectivity index (χ1) is 12.5. The molecule has 0 aliphatic carbocycles. The van der Waals surface area contributed by atoms with Gasteiger partial charge in [-0.1, -0.05) is 18.2 Å². The smallest absolute Gasteiger partial charge is 0.387 e. The van der Waals surface area contributed by atoms with Crippen molar-refractivity contribution in [3.8, 4) is 16.5 Å². The molecule has 0 fully saturated rings. The zero-order valence-corrected chi connectivity index (χ0v) is 14.6. The van der Waals surface area contributed by atoms with Gasteiger partial charge in [-0.25, -0.2) is 4.98 Å². The third-order valence-corrected chi connectivity index (χ3v) is 4.64. The number of carbonyl (C=O) groups is 1. The van der Waals surface area contributed by atoms with Gasteiger partial charge in [-0.05, 0) is 36.8 Å². The largest absolute Gasteiger partial charge is 0.435 e. The summed E-state index contributed by atoms with van der Waals surface area (Å²) in [7, 11) is 0. The molecule has 0 unspecified atom stereocenters. The van der Waals surface area contributed by atoms with E-state index in [-0.39, 0.29) is 18.2 Å². The van der Waals surface area contributed by atoms with Crippen molar-refractivity contribution in [3.05, 3.63) is 64.8 Å². The van der Waals surface area contributed by atoms with Crippen LogP contribution < -0.4 is 10.1 Å². The van der Waals surface area contributed by atoms with E-state index in [0.717, 1.165) is 0 Å². The number of amides is 1. The Balaban J connectivity index is 1.68. The number of rotatable bonds is 6. The molecule has 0 spiro atoms. The lowest BCUT2D eigenvalue weighted by molar-refractivity contribution is -0.0498. The number of aromatic nitrogens is 2. The molecular weight excluding hydrogens is 360 g/mol. The molecule has 1 N–H and O–H groups in total. The van der Waals surface area contributed by atoms with Crippen LogP contribution in [0.1, 0.15) is 20.9 Å². The summed E-state index contributed by atoms with van der Waals surface area (Å²) in [5.74, 6) is -0.222. The van der Waals surface area contributed by atoms with Crippen LogP contribution in [0.4, 0.5) is 8.78 Å². The van der Waals surface area contributed by atoms with E-state index >= 15 is 0 Å². The van der Waals surface area contributed by atoms with Crippen molar-refractivity contribution in [1.82, 2.24) is 15.3 Å². The summed E-state index contributed by atoms with van der Waals surface area (Å²) in [4.78, 5) is 21.6. The number of alkyl halides is 2. The van der Waals surface area contributed by atoms with E-state index in [1.165, 1.54) is 23.5 Å². The quantitative estimate of drug-likeness (QED) is 0.706. The van der Waals surface area contributed by atoms with Gasteiger partial charge in [0.2, 0.25) is 0 Å². The van der Waals surface area contributed by atoms with Crippen molar-refractivity contribution < 1.29 is 18.3 Å². The van der Waals surface area contributed by atoms with Gasteiger partial charge in [0.1, 0.15) is 15.6 Å². The zero-order chi connectivity index (χ0) is 18.5. The molecule has 3 aromatic rings. The van der Waals surface area contributed by atoms with E-state index in [9.17, 15) is 13.6 Å². The first kappa shape index (κ1) is 17.9. The number of ether oxygens (including phenoxy) is 1. The number of halogens is 2. The van der Waals surface area contributed by atoms with E-state index in [0.29, 0.717) is 26.8 Å². The van der Waals surface area contributed by atoms with Crippen LogP contribution in [-0.2, 0) is 6.54 Å². The van der Waals surface area contributed by atoms with Crippen molar-refractivity contribution in [1.29, 1.82) is 0 Å². The van der Waals surface area contributed by atoms with Crippen LogP contribution in [0.5, 0.6) is 5.75 Å². The molecule has 3 rings (SSSR count). The molecule has 1 aromatic carbocycles. The molecular formula is C18H15F2N3O2S. The van der Waals surface area contributed by atoms with E-state index in [1.54, 1.807) is 25.3 Å². The number of hydrogen-bond acceptors (Lipinski definition) is 5. The second-order valence-electron chi connectivity index (χ2n) is 5.36. The summed E-state index contributed by atoms with van der Waals surface area (Å²) in [6.07, 6.45) is 1.67. The molecule has 5 nitrogen and oxygen atoms in total. The Morgan fingerprint density at radius 3 is 2.85 bits per heavy atom. The van der Waals surface area contributed by atoms with E-state index in [2.05, 4.69) is 20.0 Å². The van der Waals surface area contributed by atoms with Gasteiger partial charge in [-0.15, -0.1) is 11.3 Å². The Bertz CT molecular complexity index is 900. The Labute approximate surface area is 152 Å². The maximum atomic E-state index is 12.4. The number of nitrogens with one attached hydrogen (secondary N) is 1. The molecule has 0 atom stereocenters. The lowest BCUT2D eigenvalue weighted by Crippen LogP contribution is -2.22. The molecule has 0 aliphatic heterocycles. The number of pyridine rings is 1. The van der Waals surface area contributed by atoms with Crippen LogP contribution in [0.25, 0.3) is 10.7 Å². The monoisotopic (exact) mass is 375 g/mol. The standard InChI is InChI=1S/C18H15F2N3O2S/c1-11-15(26-17(23-11)14-7-2-3-8-21-14)16(24)22-10-12-5-4-6-13(9-12)25-18(19)20/h2-9,18H,10H2,1H3,(H,22,24). The van der Waals surface area contributed by atoms with Crippen LogP contribution in [0.3, 0.4) is 0 Å². The van der Waals surface area contributed by atoms with Crippen molar-refractivity contribution in [2.45, 2.75) is 20.1 Å². The molecule has 0 aliphatic rings. The zero-order valence-electron chi connectivity index (χ0n) is 13.8. The first-order valence-electron chi connectivity index (χ1n) is 7.73. The Hall–Kier alpha value is -2.87. The van der Waals surface area contributed by atoms with Crippen molar-refractivity contribution in [2.75, 3.05) is 0 Å². The summed E-state index contributed by atoms with van der Waals surface area (Å²) in [5.41, 5.74) is 1.98. The second kappa shape index (κ2) is 8.01. The van der Waals surface area contributed by atoms with Gasteiger partial charge in [-0.3, -0.25) is 9.78 Å². The predicted molar refractivity (Wildman–Crippen MR) is 94.3 cm³/mol. The highest BCUT2D eigenvalue weighted by atomic mass is 32.1. The summed E-state index contributed by atoms with van der Waals surface area (Å²) in [6, 6.07) is 11.7. The van der Waals surface area contributed by atoms with Crippen LogP contribution >= 0.6 is 11.3 Å². The normalized spacial score (nSPS) is 10.8. The highest BCUT2D eigenvalue weighted by Gasteiger charge is 2.16. The Kier molecular flexibility index (Phi) is 5.52. The fourth-order valence-corrected chi connectivity index (χ4v) is 3.26. The molecule has 8 heteroatoms. The molecule has 0 radical (unpaired) electrons. The summed E-state index contributed by atoms with van der Waals surface area (Å²) >= 11 is 1.26. The Morgan fingerprint density at radius 1 is 1.27 bits per heavy atom. The SMILES string of the molecule is Cc1nc(-c2ccccn2)sc1C(=O)NCc1cccc(OC(F)F)c1. The molecule has 26 heavy (non-hydrogen) atoms. The molecule has 0 saturated carbocycles. The minimum absolute atomic E-state index is 0.0539. The third kappa shape index (κ3) is 4.40. The third-order valence-electron chi connectivity index (χ3n) is 3.46. The minimum Gasteiger partial charge on any atom is -0.435 e. The van der Waals surface area contributed by atoms with Gasteiger partial charge in [0, 0.05) is 12.7 Å². The van der Waals surface area contributed by atoms with E-state index in [1.807, 2.05) is 18.2 Å². The van der Waals surface area contributed by atoms with E-state index in [4.69, 9.17) is 0 Å². The molecule has 1 amide bonds. The fraction of sp³-hybridized carbons (Fsp3) is 0.167. The van der Waals surface area contributed by atoms with Gasteiger partial charge in [-0.2, -0.15) is 8.78 Å². The molecule has 134 valence electrons. The second-order valence-corrected chi connectivity index (χ2v) is 6.36. The number of benzene rings is 1. The molecule has 2 heterocycles. The lowest BCUT2D eigenvalue weighted by atomic mass is 10.2. The van der Waals surface area contributed by atoms with Gasteiger partial charge >= 0.3 is 6.61 Å². The van der Waals surface area contributed by atoms with Gasteiger partial charge < -0.3 is 10.1 Å². The summed E-state index contributed by atoms with van der Waals surface area (Å²) < 4.78 is 28.9. The first-order valence-corrected chi connectivity index (χ1v) is 8.55. The number of nitrogens with zero attached hydrogens (tertiary/aromatic N) is 2. The minimum atomic E-state index is -2.88. The number of aryl methyl sites for hydroxylation is 1. The van der Waals surface area contributed by atoms with Gasteiger partial charge in [0.15, 0.2) is 0 Å². The molecule has 2 aromatic heterocycles. The van der Waals surface area contributed by atoms with Crippen molar-refractivity contribution >= 4 is 17.2 Å². The highest BCUT2D eigenvalue weighted by molar-refractivity contribution is 7.17. The summed E-state index contributed by atoms with van der Waals surface area (Å²) in [6.45, 7) is -0.936. The van der Waals surface area contributed by atoms with Gasteiger partial charge in [0.05, 0.1) is 11.4 Å². The maximum Gasteiger partial charge on any atom is 0.387 e. The lowest BCUT2D eigenvalue weighted by Gasteiger charge is -2.08. The average Bonchev–Trinajstić information content (AvgIpc) is 3.02. The molecule has 0 saturated heterocycles. The average molecular weight is 375 g/mol. The number of hydrogen-bond donors (Lipinski definition) is 1. The topological polar surface area (TPSA) is 64.1 Å². The summed E-state index contributed by atoms with van der Waals surface area (Å²) in [5, 5.41) is 3.44. The van der Waals surface area contributed by atoms with Crippen LogP contribution in [0.15, 0.2) is 48.7 Å².